The van der Waals surface area contributed by atoms with Crippen molar-refractivity contribution < 1.29 is 0 Å². The zero-order chi connectivity index (χ0) is 11.8. The van der Waals surface area contributed by atoms with Crippen molar-refractivity contribution in [1.29, 1.82) is 0 Å². The summed E-state index contributed by atoms with van der Waals surface area (Å²) in [5.74, 6) is 1.75. The fraction of sp³-hybridized carbons (Fsp3) is 0.545. The molecule has 2 aromatic heterocycles. The van der Waals surface area contributed by atoms with E-state index in [1.807, 2.05) is 6.92 Å². The van der Waals surface area contributed by atoms with Crippen molar-refractivity contribution >= 4 is 23.6 Å². The van der Waals surface area contributed by atoms with Crippen LogP contribution in [0.15, 0.2) is 5.38 Å². The van der Waals surface area contributed by atoms with Gasteiger partial charge in [0.2, 0.25) is 0 Å². The molecule has 17 heavy (non-hydrogen) atoms. The van der Waals surface area contributed by atoms with Crippen LogP contribution in [-0.2, 0) is 13.0 Å². The minimum atomic E-state index is 0.625. The van der Waals surface area contributed by atoms with Crippen LogP contribution in [-0.4, -0.2) is 19.7 Å². The first kappa shape index (κ1) is 11.1. The Morgan fingerprint density at radius 3 is 3.06 bits per heavy atom. The number of thiazole rings is 1. The van der Waals surface area contributed by atoms with Crippen LogP contribution in [0.3, 0.4) is 0 Å². The summed E-state index contributed by atoms with van der Waals surface area (Å²) < 4.78 is 2.86. The van der Waals surface area contributed by atoms with Crippen molar-refractivity contribution in [2.75, 3.05) is 0 Å². The zero-order valence-corrected chi connectivity index (χ0v) is 11.3. The van der Waals surface area contributed by atoms with E-state index in [4.69, 9.17) is 12.2 Å². The highest BCUT2D eigenvalue weighted by Crippen LogP contribution is 2.38. The fourth-order valence-corrected chi connectivity index (χ4v) is 2.83. The number of aromatic amines is 1. The second-order valence-corrected chi connectivity index (χ2v) is 5.87. The predicted molar refractivity (Wildman–Crippen MR) is 69.9 cm³/mol. The van der Waals surface area contributed by atoms with Crippen LogP contribution in [0.1, 0.15) is 35.3 Å². The molecule has 0 aliphatic heterocycles. The molecule has 1 saturated carbocycles. The summed E-state index contributed by atoms with van der Waals surface area (Å²) in [6.45, 7) is 2.91. The smallest absolute Gasteiger partial charge is 0.195 e. The Labute approximate surface area is 109 Å². The molecule has 3 rings (SSSR count). The van der Waals surface area contributed by atoms with Gasteiger partial charge < -0.3 is 4.57 Å². The lowest BCUT2D eigenvalue weighted by molar-refractivity contribution is 0.639. The number of nitrogens with one attached hydrogen (secondary N) is 1. The summed E-state index contributed by atoms with van der Waals surface area (Å²) in [6.07, 6.45) is 3.42. The normalized spacial score (nSPS) is 15.4. The van der Waals surface area contributed by atoms with Gasteiger partial charge in [-0.25, -0.2) is 4.98 Å². The molecule has 1 aliphatic rings. The zero-order valence-electron chi connectivity index (χ0n) is 9.64. The SMILES string of the molecule is Cc1nc(CCn2c(C3CC3)n[nH]c2=S)cs1. The van der Waals surface area contributed by atoms with Gasteiger partial charge in [0.25, 0.3) is 0 Å². The lowest BCUT2D eigenvalue weighted by Gasteiger charge is -2.04. The monoisotopic (exact) mass is 266 g/mol. The van der Waals surface area contributed by atoms with Gasteiger partial charge in [0.1, 0.15) is 5.82 Å². The maximum atomic E-state index is 5.27. The second-order valence-electron chi connectivity index (χ2n) is 4.42. The lowest BCUT2D eigenvalue weighted by Crippen LogP contribution is -2.06. The molecule has 90 valence electrons. The molecular formula is C11H14N4S2. The molecule has 2 heterocycles. The first-order valence-electron chi connectivity index (χ1n) is 5.80. The van der Waals surface area contributed by atoms with E-state index in [1.54, 1.807) is 11.3 Å². The predicted octanol–water partition coefficient (Wildman–Crippen LogP) is 2.83. The second kappa shape index (κ2) is 4.34. The van der Waals surface area contributed by atoms with Crippen molar-refractivity contribution in [3.8, 4) is 0 Å². The summed E-state index contributed by atoms with van der Waals surface area (Å²) in [6, 6.07) is 0. The maximum Gasteiger partial charge on any atom is 0.195 e. The molecule has 0 atom stereocenters. The van der Waals surface area contributed by atoms with Crippen molar-refractivity contribution in [1.82, 2.24) is 19.7 Å². The van der Waals surface area contributed by atoms with Crippen LogP contribution in [0.5, 0.6) is 0 Å². The highest BCUT2D eigenvalue weighted by atomic mass is 32.1. The topological polar surface area (TPSA) is 46.5 Å². The number of H-pyrrole nitrogens is 1. The van der Waals surface area contributed by atoms with Gasteiger partial charge in [0.05, 0.1) is 10.7 Å². The third kappa shape index (κ3) is 2.32. The minimum Gasteiger partial charge on any atom is -0.304 e. The van der Waals surface area contributed by atoms with Crippen molar-refractivity contribution in [3.63, 3.8) is 0 Å². The van der Waals surface area contributed by atoms with E-state index in [0.717, 1.165) is 34.3 Å². The molecule has 4 nitrogen and oxygen atoms in total. The van der Waals surface area contributed by atoms with Gasteiger partial charge in [-0.2, -0.15) is 5.10 Å². The van der Waals surface area contributed by atoms with Crippen LogP contribution < -0.4 is 0 Å². The van der Waals surface area contributed by atoms with Crippen molar-refractivity contribution in [2.24, 2.45) is 0 Å². The van der Waals surface area contributed by atoms with Crippen LogP contribution in [0.4, 0.5) is 0 Å². The Kier molecular flexibility index (Phi) is 2.84. The molecule has 2 aromatic rings. The third-order valence-corrected chi connectivity index (χ3v) is 4.12. The average Bonchev–Trinajstić information content (AvgIpc) is 2.97. The van der Waals surface area contributed by atoms with E-state index < -0.39 is 0 Å². The number of aryl methyl sites for hydroxylation is 2. The first-order chi connectivity index (χ1) is 8.24. The Balaban J connectivity index is 1.76. The molecule has 1 N–H and O–H groups in total. The number of aromatic nitrogens is 4. The van der Waals surface area contributed by atoms with E-state index in [2.05, 4.69) is 25.1 Å². The Hall–Kier alpha value is -1.01. The Morgan fingerprint density at radius 2 is 2.41 bits per heavy atom. The van der Waals surface area contributed by atoms with Gasteiger partial charge in [-0.15, -0.1) is 11.3 Å². The summed E-state index contributed by atoms with van der Waals surface area (Å²) in [5.41, 5.74) is 1.15. The van der Waals surface area contributed by atoms with E-state index in [9.17, 15) is 0 Å². The van der Waals surface area contributed by atoms with E-state index >= 15 is 0 Å². The number of hydrogen-bond donors (Lipinski definition) is 1. The highest BCUT2D eigenvalue weighted by molar-refractivity contribution is 7.71. The molecule has 0 radical (unpaired) electrons. The van der Waals surface area contributed by atoms with Gasteiger partial charge in [-0.1, -0.05) is 0 Å². The molecule has 0 aromatic carbocycles. The molecule has 1 aliphatic carbocycles. The first-order valence-corrected chi connectivity index (χ1v) is 7.09. The van der Waals surface area contributed by atoms with Crippen molar-refractivity contribution in [2.45, 2.75) is 38.6 Å². The number of rotatable bonds is 4. The number of nitrogens with zero attached hydrogens (tertiary/aromatic N) is 3. The van der Waals surface area contributed by atoms with E-state index in [0.29, 0.717) is 5.92 Å². The van der Waals surface area contributed by atoms with Gasteiger partial charge >= 0.3 is 0 Å². The Bertz CT molecular complexity index is 576. The average molecular weight is 266 g/mol. The molecule has 0 saturated heterocycles. The van der Waals surface area contributed by atoms with Gasteiger partial charge in [-0.05, 0) is 32.0 Å². The van der Waals surface area contributed by atoms with Crippen LogP contribution in [0, 0.1) is 11.7 Å². The summed E-state index contributed by atoms with van der Waals surface area (Å²) in [7, 11) is 0. The molecule has 1 fully saturated rings. The van der Waals surface area contributed by atoms with Crippen LogP contribution in [0.25, 0.3) is 0 Å². The molecule has 6 heteroatoms. The third-order valence-electron chi connectivity index (χ3n) is 2.99. The fourth-order valence-electron chi connectivity index (χ4n) is 1.95. The van der Waals surface area contributed by atoms with E-state index in [1.165, 1.54) is 12.8 Å². The molecular weight excluding hydrogens is 252 g/mol. The van der Waals surface area contributed by atoms with Crippen LogP contribution >= 0.6 is 23.6 Å². The largest absolute Gasteiger partial charge is 0.304 e. The molecule has 0 unspecified atom stereocenters. The number of hydrogen-bond acceptors (Lipinski definition) is 4. The van der Waals surface area contributed by atoms with Crippen LogP contribution in [0.2, 0.25) is 0 Å². The highest BCUT2D eigenvalue weighted by Gasteiger charge is 2.28. The molecule has 0 bridgehead atoms. The molecule has 0 spiro atoms. The van der Waals surface area contributed by atoms with Gasteiger partial charge in [-0.3, -0.25) is 5.10 Å². The Morgan fingerprint density at radius 1 is 1.59 bits per heavy atom. The summed E-state index contributed by atoms with van der Waals surface area (Å²) >= 11 is 6.97. The minimum absolute atomic E-state index is 0.625. The summed E-state index contributed by atoms with van der Waals surface area (Å²) in [5, 5.41) is 10.5. The molecule has 0 amide bonds. The van der Waals surface area contributed by atoms with Gasteiger partial charge in [0.15, 0.2) is 4.77 Å². The quantitative estimate of drug-likeness (QED) is 0.866. The maximum absolute atomic E-state index is 5.27. The standard InChI is InChI=1S/C11H14N4S2/c1-7-12-9(6-17-7)4-5-15-10(8-2-3-8)13-14-11(15)16/h6,8H,2-5H2,1H3,(H,14,16). The van der Waals surface area contributed by atoms with Crippen molar-refractivity contribution in [3.05, 3.63) is 26.7 Å². The van der Waals surface area contributed by atoms with Gasteiger partial charge in [0, 0.05) is 24.3 Å². The summed E-state index contributed by atoms with van der Waals surface area (Å²) in [4.78, 5) is 4.47. The lowest BCUT2D eigenvalue weighted by atomic mass is 10.3. The van der Waals surface area contributed by atoms with E-state index in [-0.39, 0.29) is 0 Å².